The van der Waals surface area contributed by atoms with Crippen LogP contribution in [0.4, 0.5) is 0 Å². The van der Waals surface area contributed by atoms with Gasteiger partial charge in [-0.05, 0) is 12.8 Å². The molecule has 0 amide bonds. The molecular formula is C10H18O4. The van der Waals surface area contributed by atoms with Crippen molar-refractivity contribution in [2.75, 3.05) is 21.3 Å². The molecule has 0 radical (unpaired) electrons. The van der Waals surface area contributed by atoms with Crippen molar-refractivity contribution < 1.29 is 19.0 Å². The van der Waals surface area contributed by atoms with Crippen LogP contribution in [-0.4, -0.2) is 45.9 Å². The lowest BCUT2D eigenvalue weighted by molar-refractivity contribution is -0.146. The molecule has 0 spiro atoms. The summed E-state index contributed by atoms with van der Waals surface area (Å²) >= 11 is 0. The zero-order valence-electron chi connectivity index (χ0n) is 8.93. The van der Waals surface area contributed by atoms with E-state index < -0.39 is 0 Å². The summed E-state index contributed by atoms with van der Waals surface area (Å²) in [5.74, 6) is 0.0244. The standard InChI is InChI=1S/C10H18O4/c1-12-8-4-7(6-11)5-9(13-2)10(8)14-3/h6-10H,4-5H2,1-3H3/t7?,8-,9+,10?. The molecule has 1 aliphatic rings. The highest BCUT2D eigenvalue weighted by Crippen LogP contribution is 2.28. The van der Waals surface area contributed by atoms with Crippen molar-refractivity contribution in [2.45, 2.75) is 31.2 Å². The predicted octanol–water partition coefficient (Wildman–Crippen LogP) is 0.640. The Morgan fingerprint density at radius 3 is 1.79 bits per heavy atom. The molecule has 82 valence electrons. The fourth-order valence-electron chi connectivity index (χ4n) is 2.08. The number of hydrogen-bond donors (Lipinski definition) is 0. The normalized spacial score (nSPS) is 38.2. The number of ether oxygens (including phenoxy) is 3. The molecule has 0 aromatic carbocycles. The smallest absolute Gasteiger partial charge is 0.123 e. The summed E-state index contributed by atoms with van der Waals surface area (Å²) < 4.78 is 15.9. The maximum absolute atomic E-state index is 10.7. The fourth-order valence-corrected chi connectivity index (χ4v) is 2.08. The second kappa shape index (κ2) is 5.44. The zero-order chi connectivity index (χ0) is 10.6. The summed E-state index contributed by atoms with van der Waals surface area (Å²) in [5.41, 5.74) is 0. The van der Waals surface area contributed by atoms with Crippen molar-refractivity contribution in [1.82, 2.24) is 0 Å². The SMILES string of the molecule is COC1[C@@H](OC)CC(C=O)C[C@H]1OC. The molecule has 0 heterocycles. The Bertz CT molecular complexity index is 169. The maximum Gasteiger partial charge on any atom is 0.123 e. The van der Waals surface area contributed by atoms with Gasteiger partial charge in [-0.25, -0.2) is 0 Å². The highest BCUT2D eigenvalue weighted by molar-refractivity contribution is 5.54. The number of carbonyl (C=O) groups excluding carboxylic acids is 1. The average Bonchev–Trinajstić information content (AvgIpc) is 2.26. The van der Waals surface area contributed by atoms with E-state index in [0.717, 1.165) is 19.1 Å². The van der Waals surface area contributed by atoms with Crippen LogP contribution in [0.1, 0.15) is 12.8 Å². The molecule has 4 atom stereocenters. The number of rotatable bonds is 4. The van der Waals surface area contributed by atoms with Gasteiger partial charge in [0.25, 0.3) is 0 Å². The molecule has 1 rings (SSSR count). The summed E-state index contributed by atoms with van der Waals surface area (Å²) in [6.07, 6.45) is 2.25. The number of carbonyl (C=O) groups is 1. The van der Waals surface area contributed by atoms with Gasteiger partial charge in [-0.15, -0.1) is 0 Å². The Morgan fingerprint density at radius 1 is 1.00 bits per heavy atom. The molecule has 0 aromatic heterocycles. The van der Waals surface area contributed by atoms with E-state index in [1.54, 1.807) is 21.3 Å². The molecule has 1 aliphatic carbocycles. The minimum Gasteiger partial charge on any atom is -0.379 e. The van der Waals surface area contributed by atoms with Crippen LogP contribution in [0, 0.1) is 5.92 Å². The van der Waals surface area contributed by atoms with Crippen LogP contribution in [0.15, 0.2) is 0 Å². The van der Waals surface area contributed by atoms with Gasteiger partial charge in [-0.2, -0.15) is 0 Å². The largest absolute Gasteiger partial charge is 0.379 e. The van der Waals surface area contributed by atoms with Crippen LogP contribution in [0.3, 0.4) is 0 Å². The van der Waals surface area contributed by atoms with Gasteiger partial charge in [0.05, 0.1) is 12.2 Å². The van der Waals surface area contributed by atoms with Gasteiger partial charge in [0, 0.05) is 27.2 Å². The molecule has 0 aromatic rings. The molecule has 14 heavy (non-hydrogen) atoms. The first kappa shape index (κ1) is 11.6. The second-order valence-electron chi connectivity index (χ2n) is 3.62. The molecule has 4 nitrogen and oxygen atoms in total. The topological polar surface area (TPSA) is 44.8 Å². The van der Waals surface area contributed by atoms with E-state index in [9.17, 15) is 4.79 Å². The Kier molecular flexibility index (Phi) is 4.51. The van der Waals surface area contributed by atoms with Crippen molar-refractivity contribution in [3.8, 4) is 0 Å². The Hall–Kier alpha value is -0.450. The minimum atomic E-state index is -0.0683. The molecule has 4 heteroatoms. The molecule has 0 aliphatic heterocycles. The molecular weight excluding hydrogens is 184 g/mol. The van der Waals surface area contributed by atoms with Crippen molar-refractivity contribution >= 4 is 6.29 Å². The van der Waals surface area contributed by atoms with Crippen molar-refractivity contribution in [3.63, 3.8) is 0 Å². The lowest BCUT2D eigenvalue weighted by atomic mass is 9.84. The molecule has 1 saturated carbocycles. The Balaban J connectivity index is 2.68. The fraction of sp³-hybridized carbons (Fsp3) is 0.900. The Labute approximate surface area is 84.5 Å². The lowest BCUT2D eigenvalue weighted by Crippen LogP contribution is -2.47. The van der Waals surface area contributed by atoms with E-state index in [1.807, 2.05) is 0 Å². The van der Waals surface area contributed by atoms with Gasteiger partial charge in [0.2, 0.25) is 0 Å². The van der Waals surface area contributed by atoms with Gasteiger partial charge in [0.1, 0.15) is 12.4 Å². The van der Waals surface area contributed by atoms with E-state index in [4.69, 9.17) is 14.2 Å². The van der Waals surface area contributed by atoms with Gasteiger partial charge < -0.3 is 19.0 Å². The first-order valence-electron chi connectivity index (χ1n) is 4.80. The van der Waals surface area contributed by atoms with Crippen LogP contribution < -0.4 is 0 Å². The molecule has 0 saturated heterocycles. The third-order valence-electron chi connectivity index (χ3n) is 2.87. The highest BCUT2D eigenvalue weighted by atomic mass is 16.6. The summed E-state index contributed by atoms with van der Waals surface area (Å²) in [5, 5.41) is 0. The number of methoxy groups -OCH3 is 3. The summed E-state index contributed by atoms with van der Waals surface area (Å²) in [6.45, 7) is 0. The van der Waals surface area contributed by atoms with E-state index in [1.165, 1.54) is 0 Å². The van der Waals surface area contributed by atoms with Crippen LogP contribution in [0.5, 0.6) is 0 Å². The van der Waals surface area contributed by atoms with Gasteiger partial charge in [-0.3, -0.25) is 0 Å². The monoisotopic (exact) mass is 202 g/mol. The second-order valence-corrected chi connectivity index (χ2v) is 3.62. The maximum atomic E-state index is 10.7. The number of hydrogen-bond acceptors (Lipinski definition) is 4. The third-order valence-corrected chi connectivity index (χ3v) is 2.87. The lowest BCUT2D eigenvalue weighted by Gasteiger charge is -2.37. The summed E-state index contributed by atoms with van der Waals surface area (Å²) in [4.78, 5) is 10.7. The van der Waals surface area contributed by atoms with Crippen molar-refractivity contribution in [1.29, 1.82) is 0 Å². The summed E-state index contributed by atoms with van der Waals surface area (Å²) in [6, 6.07) is 0. The predicted molar refractivity (Wildman–Crippen MR) is 51.2 cm³/mol. The molecule has 0 N–H and O–H groups in total. The van der Waals surface area contributed by atoms with Gasteiger partial charge in [0.15, 0.2) is 0 Å². The van der Waals surface area contributed by atoms with E-state index >= 15 is 0 Å². The van der Waals surface area contributed by atoms with E-state index in [2.05, 4.69) is 0 Å². The van der Waals surface area contributed by atoms with Gasteiger partial charge in [-0.1, -0.05) is 0 Å². The van der Waals surface area contributed by atoms with Crippen LogP contribution in [-0.2, 0) is 19.0 Å². The van der Waals surface area contributed by atoms with Crippen molar-refractivity contribution in [3.05, 3.63) is 0 Å². The van der Waals surface area contributed by atoms with Crippen LogP contribution in [0.25, 0.3) is 0 Å². The van der Waals surface area contributed by atoms with E-state index in [-0.39, 0.29) is 24.2 Å². The molecule has 1 fully saturated rings. The highest BCUT2D eigenvalue weighted by Gasteiger charge is 2.38. The number of aldehydes is 1. The van der Waals surface area contributed by atoms with Gasteiger partial charge >= 0.3 is 0 Å². The van der Waals surface area contributed by atoms with E-state index in [0.29, 0.717) is 0 Å². The molecule has 0 bridgehead atoms. The first-order valence-corrected chi connectivity index (χ1v) is 4.80. The summed E-state index contributed by atoms with van der Waals surface area (Å²) in [7, 11) is 4.91. The third kappa shape index (κ3) is 2.32. The van der Waals surface area contributed by atoms with Crippen LogP contribution in [0.2, 0.25) is 0 Å². The zero-order valence-corrected chi connectivity index (χ0v) is 8.93. The minimum absolute atomic E-state index is 0.0244. The first-order chi connectivity index (χ1) is 6.76. The molecule has 2 unspecified atom stereocenters. The Morgan fingerprint density at radius 2 is 1.50 bits per heavy atom. The average molecular weight is 202 g/mol. The quantitative estimate of drug-likeness (QED) is 0.628. The van der Waals surface area contributed by atoms with Crippen molar-refractivity contribution in [2.24, 2.45) is 5.92 Å². The van der Waals surface area contributed by atoms with Crippen LogP contribution >= 0.6 is 0 Å².